The highest BCUT2D eigenvalue weighted by Crippen LogP contribution is 2.64. The Bertz CT molecular complexity index is 1370. The molecule has 1 unspecified atom stereocenters. The van der Waals surface area contributed by atoms with Gasteiger partial charge >= 0.3 is 0 Å². The Morgan fingerprint density at radius 2 is 0.812 bits per heavy atom. The zero-order valence-electron chi connectivity index (χ0n) is 17.5. The van der Waals surface area contributed by atoms with E-state index >= 15 is 0 Å². The van der Waals surface area contributed by atoms with Crippen molar-refractivity contribution in [2.45, 2.75) is 17.2 Å². The molecule has 152 valence electrons. The van der Waals surface area contributed by atoms with Crippen LogP contribution in [-0.4, -0.2) is 5.38 Å². The van der Waals surface area contributed by atoms with Gasteiger partial charge in [-0.15, -0.1) is 11.6 Å². The summed E-state index contributed by atoms with van der Waals surface area (Å²) < 4.78 is 0. The molecule has 0 fully saturated rings. The lowest BCUT2D eigenvalue weighted by atomic mass is 9.76. The Balaban J connectivity index is 1.69. The van der Waals surface area contributed by atoms with Crippen LogP contribution in [0, 0.1) is 0 Å². The SMILES string of the molecule is ClC1[C@@H]2c3ccccc3[C@H]1c1c2c(-c2ccccc2)c2ccccc2c1-c1ccccc1. The monoisotopic (exact) mass is 428 g/mol. The van der Waals surface area contributed by atoms with Crippen LogP contribution >= 0.6 is 11.6 Å². The van der Waals surface area contributed by atoms with Crippen molar-refractivity contribution < 1.29 is 0 Å². The highest BCUT2D eigenvalue weighted by Gasteiger charge is 2.51. The zero-order chi connectivity index (χ0) is 21.2. The predicted molar refractivity (Wildman–Crippen MR) is 135 cm³/mol. The van der Waals surface area contributed by atoms with Crippen LogP contribution in [0.25, 0.3) is 33.0 Å². The Morgan fingerprint density at radius 3 is 1.25 bits per heavy atom. The molecule has 0 radical (unpaired) electrons. The summed E-state index contributed by atoms with van der Waals surface area (Å²) in [7, 11) is 0. The average molecular weight is 429 g/mol. The molecule has 32 heavy (non-hydrogen) atoms. The first-order chi connectivity index (χ1) is 15.8. The van der Waals surface area contributed by atoms with Gasteiger partial charge in [0.2, 0.25) is 0 Å². The van der Waals surface area contributed by atoms with Crippen LogP contribution in [-0.2, 0) is 0 Å². The lowest BCUT2D eigenvalue weighted by molar-refractivity contribution is 0.808. The van der Waals surface area contributed by atoms with Gasteiger partial charge in [-0.25, -0.2) is 0 Å². The molecule has 0 amide bonds. The summed E-state index contributed by atoms with van der Waals surface area (Å²) in [6.45, 7) is 0. The molecule has 2 aliphatic carbocycles. The molecule has 7 rings (SSSR count). The highest BCUT2D eigenvalue weighted by molar-refractivity contribution is 6.24. The van der Waals surface area contributed by atoms with E-state index in [2.05, 4.69) is 109 Å². The summed E-state index contributed by atoms with van der Waals surface area (Å²) in [6.07, 6.45) is 0. The van der Waals surface area contributed by atoms with Crippen molar-refractivity contribution >= 4 is 22.4 Å². The lowest BCUT2D eigenvalue weighted by Crippen LogP contribution is -2.08. The van der Waals surface area contributed by atoms with Gasteiger partial charge in [0.1, 0.15) is 0 Å². The van der Waals surface area contributed by atoms with Crippen LogP contribution < -0.4 is 0 Å². The molecule has 5 aromatic rings. The molecule has 2 bridgehead atoms. The van der Waals surface area contributed by atoms with E-state index < -0.39 is 0 Å². The van der Waals surface area contributed by atoms with Gasteiger partial charge in [0, 0.05) is 11.8 Å². The molecule has 0 heterocycles. The molecule has 0 aliphatic heterocycles. The van der Waals surface area contributed by atoms with Crippen LogP contribution in [0.3, 0.4) is 0 Å². The number of hydrogen-bond donors (Lipinski definition) is 0. The van der Waals surface area contributed by atoms with Crippen molar-refractivity contribution in [1.29, 1.82) is 0 Å². The summed E-state index contributed by atoms with van der Waals surface area (Å²) in [5.74, 6) is 0.435. The molecular formula is C31H21Cl. The number of benzene rings is 5. The van der Waals surface area contributed by atoms with Gasteiger partial charge in [-0.1, -0.05) is 109 Å². The average Bonchev–Trinajstić information content (AvgIpc) is 3.31. The fourth-order valence-electron chi connectivity index (χ4n) is 6.20. The largest absolute Gasteiger partial charge is 0.121 e. The smallest absolute Gasteiger partial charge is 0.0555 e. The van der Waals surface area contributed by atoms with Gasteiger partial charge in [0.15, 0.2) is 0 Å². The maximum Gasteiger partial charge on any atom is 0.0555 e. The molecule has 2 aliphatic rings. The van der Waals surface area contributed by atoms with Gasteiger partial charge in [0.05, 0.1) is 5.38 Å². The Hall–Kier alpha value is -3.35. The molecule has 0 aromatic heterocycles. The third kappa shape index (κ3) is 2.34. The summed E-state index contributed by atoms with van der Waals surface area (Å²) in [5, 5.41) is 2.67. The normalized spacial score (nSPS) is 20.3. The number of fused-ring (bicyclic) bond motifs is 9. The first-order valence-corrected chi connectivity index (χ1v) is 11.7. The molecule has 3 atom stereocenters. The van der Waals surface area contributed by atoms with Crippen molar-refractivity contribution in [2.75, 3.05) is 0 Å². The third-order valence-electron chi connectivity index (χ3n) is 7.34. The predicted octanol–water partition coefficient (Wildman–Crippen LogP) is 8.37. The van der Waals surface area contributed by atoms with E-state index in [0.29, 0.717) is 0 Å². The standard InChI is InChI=1S/C31H21Cl/c32-31-27-23-17-9-10-18-24(23)28(31)30-26(20-13-5-2-6-14-20)22-16-8-7-15-21(22)25(29(27)30)19-11-3-1-4-12-19/h1-18,27-28,31H/t27-,28+,31?. The maximum absolute atomic E-state index is 7.30. The first kappa shape index (κ1) is 18.2. The number of rotatable bonds is 2. The van der Waals surface area contributed by atoms with E-state index in [1.54, 1.807) is 0 Å². The molecule has 0 spiro atoms. The van der Waals surface area contributed by atoms with E-state index in [4.69, 9.17) is 11.6 Å². The summed E-state index contributed by atoms with van der Waals surface area (Å²) in [4.78, 5) is 0. The van der Waals surface area contributed by atoms with Crippen LogP contribution in [0.1, 0.15) is 34.1 Å². The molecule has 0 saturated carbocycles. The minimum atomic E-state index is 0.0455. The van der Waals surface area contributed by atoms with Gasteiger partial charge in [0.25, 0.3) is 0 Å². The van der Waals surface area contributed by atoms with Gasteiger partial charge in [-0.05, 0) is 55.3 Å². The molecular weight excluding hydrogens is 408 g/mol. The van der Waals surface area contributed by atoms with E-state index in [-0.39, 0.29) is 17.2 Å². The quantitative estimate of drug-likeness (QED) is 0.248. The zero-order valence-corrected chi connectivity index (χ0v) is 18.3. The topological polar surface area (TPSA) is 0 Å². The second kappa shape index (κ2) is 6.82. The van der Waals surface area contributed by atoms with Gasteiger partial charge < -0.3 is 0 Å². The van der Waals surface area contributed by atoms with E-state index in [0.717, 1.165) is 0 Å². The Morgan fingerprint density at radius 1 is 0.438 bits per heavy atom. The van der Waals surface area contributed by atoms with Crippen molar-refractivity contribution in [2.24, 2.45) is 0 Å². The van der Waals surface area contributed by atoms with Gasteiger partial charge in [-0.3, -0.25) is 0 Å². The van der Waals surface area contributed by atoms with E-state index in [9.17, 15) is 0 Å². The Labute approximate surface area is 193 Å². The van der Waals surface area contributed by atoms with E-state index in [1.165, 1.54) is 55.3 Å². The number of hydrogen-bond acceptors (Lipinski definition) is 0. The molecule has 5 aromatic carbocycles. The van der Waals surface area contributed by atoms with Crippen molar-refractivity contribution in [3.8, 4) is 22.3 Å². The minimum Gasteiger partial charge on any atom is -0.121 e. The molecule has 0 nitrogen and oxygen atoms in total. The van der Waals surface area contributed by atoms with Crippen LogP contribution in [0.15, 0.2) is 109 Å². The molecule has 0 N–H and O–H groups in total. The number of alkyl halides is 1. The fraction of sp³-hybridized carbons (Fsp3) is 0.0968. The first-order valence-electron chi connectivity index (χ1n) is 11.3. The fourth-order valence-corrected chi connectivity index (χ4v) is 6.72. The highest BCUT2D eigenvalue weighted by atomic mass is 35.5. The summed E-state index contributed by atoms with van der Waals surface area (Å²) in [5.41, 5.74) is 10.9. The second-order valence-electron chi connectivity index (χ2n) is 8.88. The van der Waals surface area contributed by atoms with Crippen molar-refractivity contribution in [3.63, 3.8) is 0 Å². The summed E-state index contributed by atoms with van der Waals surface area (Å²) in [6, 6.07) is 39.5. The van der Waals surface area contributed by atoms with Gasteiger partial charge in [-0.2, -0.15) is 0 Å². The lowest BCUT2D eigenvalue weighted by Gasteiger charge is -2.27. The van der Waals surface area contributed by atoms with E-state index in [1.807, 2.05) is 0 Å². The van der Waals surface area contributed by atoms with Crippen LogP contribution in [0.5, 0.6) is 0 Å². The maximum atomic E-state index is 7.30. The number of halogens is 1. The van der Waals surface area contributed by atoms with Crippen molar-refractivity contribution in [3.05, 3.63) is 131 Å². The molecule has 1 heteroatoms. The van der Waals surface area contributed by atoms with Crippen LogP contribution in [0.4, 0.5) is 0 Å². The second-order valence-corrected chi connectivity index (χ2v) is 9.39. The Kier molecular flexibility index (Phi) is 3.89. The third-order valence-corrected chi connectivity index (χ3v) is 7.85. The minimum absolute atomic E-state index is 0.0455. The van der Waals surface area contributed by atoms with Crippen LogP contribution in [0.2, 0.25) is 0 Å². The summed E-state index contributed by atoms with van der Waals surface area (Å²) >= 11 is 7.30. The van der Waals surface area contributed by atoms with Crippen molar-refractivity contribution in [1.82, 2.24) is 0 Å². The molecule has 0 saturated heterocycles.